The number of hydrogen-bond donors (Lipinski definition) is 0. The number of nitrogens with zero attached hydrogens (tertiary/aromatic N) is 1. The van der Waals surface area contributed by atoms with E-state index in [0.29, 0.717) is 5.56 Å². The SMILES string of the molecule is CC1(C)C2C(Cl)(Cl)C2(C)c2ccccc2N1C(=O)c1ccccc1. The summed E-state index contributed by atoms with van der Waals surface area (Å²) >= 11 is 13.4. The number of halogens is 2. The fourth-order valence-electron chi connectivity index (χ4n) is 4.64. The minimum Gasteiger partial charge on any atom is -0.302 e. The maximum Gasteiger partial charge on any atom is 0.258 e. The van der Waals surface area contributed by atoms with Crippen molar-refractivity contribution in [1.82, 2.24) is 0 Å². The number of fused-ring (bicyclic) bond motifs is 3. The van der Waals surface area contributed by atoms with Crippen LogP contribution in [0.1, 0.15) is 36.7 Å². The molecule has 4 heteroatoms. The number of anilines is 1. The first-order chi connectivity index (χ1) is 11.2. The van der Waals surface area contributed by atoms with Crippen LogP contribution >= 0.6 is 23.2 Å². The molecule has 1 aliphatic heterocycles. The van der Waals surface area contributed by atoms with Gasteiger partial charge >= 0.3 is 0 Å². The highest BCUT2D eigenvalue weighted by atomic mass is 35.5. The van der Waals surface area contributed by atoms with E-state index in [2.05, 4.69) is 20.8 Å². The molecule has 0 saturated heterocycles. The molecule has 124 valence electrons. The molecule has 1 fully saturated rings. The summed E-state index contributed by atoms with van der Waals surface area (Å²) in [5.41, 5.74) is 1.78. The Morgan fingerprint density at radius 1 is 0.958 bits per heavy atom. The van der Waals surface area contributed by atoms with Gasteiger partial charge in [-0.25, -0.2) is 0 Å². The molecular weight excluding hydrogens is 341 g/mol. The zero-order valence-electron chi connectivity index (χ0n) is 13.9. The van der Waals surface area contributed by atoms with Crippen molar-refractivity contribution < 1.29 is 4.79 Å². The molecule has 2 atom stereocenters. The third kappa shape index (κ3) is 1.76. The van der Waals surface area contributed by atoms with Gasteiger partial charge in [-0.1, -0.05) is 43.3 Å². The van der Waals surface area contributed by atoms with Crippen LogP contribution in [-0.2, 0) is 5.41 Å². The average Bonchev–Trinajstić information content (AvgIpc) is 3.03. The average molecular weight is 360 g/mol. The predicted octanol–water partition coefficient (Wildman–Crippen LogP) is 5.19. The van der Waals surface area contributed by atoms with Gasteiger partial charge in [0.15, 0.2) is 0 Å². The van der Waals surface area contributed by atoms with Crippen LogP contribution in [0.25, 0.3) is 0 Å². The van der Waals surface area contributed by atoms with Crippen LogP contribution in [0.5, 0.6) is 0 Å². The third-order valence-corrected chi connectivity index (χ3v) is 6.98. The molecule has 24 heavy (non-hydrogen) atoms. The molecule has 1 saturated carbocycles. The highest BCUT2D eigenvalue weighted by molar-refractivity contribution is 6.53. The monoisotopic (exact) mass is 359 g/mol. The Balaban J connectivity index is 1.93. The molecule has 1 amide bonds. The summed E-state index contributed by atoms with van der Waals surface area (Å²) in [7, 11) is 0. The van der Waals surface area contributed by atoms with E-state index in [1.807, 2.05) is 59.5 Å². The smallest absolute Gasteiger partial charge is 0.258 e. The van der Waals surface area contributed by atoms with Crippen LogP contribution in [0.4, 0.5) is 5.69 Å². The topological polar surface area (TPSA) is 20.3 Å². The van der Waals surface area contributed by atoms with Gasteiger partial charge in [0, 0.05) is 28.1 Å². The van der Waals surface area contributed by atoms with E-state index in [4.69, 9.17) is 23.2 Å². The van der Waals surface area contributed by atoms with Gasteiger partial charge in [0.25, 0.3) is 5.91 Å². The van der Waals surface area contributed by atoms with Gasteiger partial charge in [0.2, 0.25) is 0 Å². The Kier molecular flexibility index (Phi) is 3.18. The quantitative estimate of drug-likeness (QED) is 0.641. The van der Waals surface area contributed by atoms with Crippen LogP contribution < -0.4 is 4.90 Å². The lowest BCUT2D eigenvalue weighted by Gasteiger charge is -2.45. The molecule has 2 aliphatic rings. The molecule has 0 radical (unpaired) electrons. The Hall–Kier alpha value is -1.51. The summed E-state index contributed by atoms with van der Waals surface area (Å²) in [6, 6.07) is 17.3. The lowest BCUT2D eigenvalue weighted by molar-refractivity contribution is 0.0950. The summed E-state index contributed by atoms with van der Waals surface area (Å²) in [5.74, 6) is -0.0467. The summed E-state index contributed by atoms with van der Waals surface area (Å²) in [6.45, 7) is 6.21. The van der Waals surface area contributed by atoms with Crippen molar-refractivity contribution >= 4 is 34.8 Å². The molecule has 1 heterocycles. The fraction of sp³-hybridized carbons (Fsp3) is 0.350. The zero-order chi connectivity index (χ0) is 17.3. The maximum absolute atomic E-state index is 13.3. The Morgan fingerprint density at radius 2 is 1.54 bits per heavy atom. The molecule has 0 N–H and O–H groups in total. The molecule has 2 nitrogen and oxygen atoms in total. The molecule has 2 aromatic rings. The largest absolute Gasteiger partial charge is 0.302 e. The zero-order valence-corrected chi connectivity index (χ0v) is 15.4. The maximum atomic E-state index is 13.3. The van der Waals surface area contributed by atoms with Crippen molar-refractivity contribution in [2.45, 2.75) is 36.1 Å². The van der Waals surface area contributed by atoms with Crippen molar-refractivity contribution in [3.8, 4) is 0 Å². The summed E-state index contributed by atoms with van der Waals surface area (Å²) in [4.78, 5) is 15.2. The van der Waals surface area contributed by atoms with Crippen molar-refractivity contribution in [3.63, 3.8) is 0 Å². The Bertz CT molecular complexity index is 831. The van der Waals surface area contributed by atoms with E-state index in [1.54, 1.807) is 0 Å². The van der Waals surface area contributed by atoms with Crippen molar-refractivity contribution in [2.24, 2.45) is 5.92 Å². The highest BCUT2D eigenvalue weighted by Gasteiger charge is 2.81. The number of amides is 1. The molecule has 0 spiro atoms. The molecule has 2 aromatic carbocycles. The lowest BCUT2D eigenvalue weighted by atomic mass is 9.79. The second-order valence-corrected chi connectivity index (χ2v) is 8.82. The van der Waals surface area contributed by atoms with E-state index in [1.165, 1.54) is 0 Å². The van der Waals surface area contributed by atoms with Crippen LogP contribution in [0.3, 0.4) is 0 Å². The van der Waals surface area contributed by atoms with Gasteiger partial charge < -0.3 is 4.90 Å². The van der Waals surface area contributed by atoms with Crippen LogP contribution in [0, 0.1) is 5.92 Å². The second-order valence-electron chi connectivity index (χ2n) is 7.44. The van der Waals surface area contributed by atoms with Crippen molar-refractivity contribution in [3.05, 3.63) is 65.7 Å². The molecule has 4 rings (SSSR count). The minimum atomic E-state index is -0.877. The van der Waals surface area contributed by atoms with E-state index >= 15 is 0 Å². The molecule has 2 unspecified atom stereocenters. The summed E-state index contributed by atoms with van der Waals surface area (Å²) in [6.07, 6.45) is 0. The molecular formula is C20H19Cl2NO. The Morgan fingerprint density at radius 3 is 2.21 bits per heavy atom. The number of para-hydroxylation sites is 1. The molecule has 0 bridgehead atoms. The van der Waals surface area contributed by atoms with Crippen LogP contribution in [-0.4, -0.2) is 15.8 Å². The third-order valence-electron chi connectivity index (χ3n) is 5.76. The van der Waals surface area contributed by atoms with E-state index in [0.717, 1.165) is 11.3 Å². The summed E-state index contributed by atoms with van der Waals surface area (Å²) in [5, 5.41) is 0. The highest BCUT2D eigenvalue weighted by Crippen LogP contribution is 2.76. The second kappa shape index (κ2) is 4.77. The predicted molar refractivity (Wildman–Crippen MR) is 99.1 cm³/mol. The number of hydrogen-bond acceptors (Lipinski definition) is 1. The molecule has 1 aliphatic carbocycles. The van der Waals surface area contributed by atoms with Crippen molar-refractivity contribution in [2.75, 3.05) is 4.90 Å². The first-order valence-electron chi connectivity index (χ1n) is 8.11. The van der Waals surface area contributed by atoms with Gasteiger partial charge in [0.1, 0.15) is 4.33 Å². The fourth-order valence-corrected chi connectivity index (χ4v) is 5.93. The number of rotatable bonds is 1. The number of benzene rings is 2. The normalized spacial score (nSPS) is 28.7. The summed E-state index contributed by atoms with van der Waals surface area (Å²) < 4.78 is -0.877. The minimum absolute atomic E-state index is 0.0221. The van der Waals surface area contributed by atoms with Crippen LogP contribution in [0.2, 0.25) is 0 Å². The van der Waals surface area contributed by atoms with Gasteiger partial charge in [0.05, 0.1) is 0 Å². The van der Waals surface area contributed by atoms with E-state index in [9.17, 15) is 4.79 Å². The van der Waals surface area contributed by atoms with E-state index < -0.39 is 9.87 Å². The van der Waals surface area contributed by atoms with Gasteiger partial charge in [-0.2, -0.15) is 0 Å². The first kappa shape index (κ1) is 16.0. The lowest BCUT2D eigenvalue weighted by Crippen LogP contribution is -2.54. The standard InChI is InChI=1S/C20H19Cl2NO/c1-18(2)17-19(3,20(17,21)22)14-11-7-8-12-15(14)23(18)16(24)13-9-5-4-6-10-13/h4-12,17H,1-3H3. The molecule has 0 aromatic heterocycles. The van der Waals surface area contributed by atoms with E-state index in [-0.39, 0.29) is 17.2 Å². The number of alkyl halides is 2. The Labute approximate surface area is 152 Å². The van der Waals surface area contributed by atoms with Gasteiger partial charge in [-0.15, -0.1) is 23.2 Å². The van der Waals surface area contributed by atoms with Crippen LogP contribution in [0.15, 0.2) is 54.6 Å². The van der Waals surface area contributed by atoms with Gasteiger partial charge in [-0.05, 0) is 37.6 Å². The number of carbonyl (C=O) groups excluding carboxylic acids is 1. The first-order valence-corrected chi connectivity index (χ1v) is 8.86. The van der Waals surface area contributed by atoms with Crippen molar-refractivity contribution in [1.29, 1.82) is 0 Å². The number of carbonyl (C=O) groups is 1. The van der Waals surface area contributed by atoms with Gasteiger partial charge in [-0.3, -0.25) is 4.79 Å².